The Labute approximate surface area is 141 Å². The molecule has 1 amide bonds. The van der Waals surface area contributed by atoms with E-state index in [1.54, 1.807) is 18.2 Å². The van der Waals surface area contributed by atoms with Gasteiger partial charge in [-0.05, 0) is 17.0 Å². The van der Waals surface area contributed by atoms with Gasteiger partial charge in [0.25, 0.3) is 0 Å². The molecule has 0 spiro atoms. The van der Waals surface area contributed by atoms with Gasteiger partial charge >= 0.3 is 18.0 Å². The number of benzene rings is 1. The maximum atomic E-state index is 11.9. The molecule has 2 atom stereocenters. The van der Waals surface area contributed by atoms with E-state index in [-0.39, 0.29) is 5.01 Å². The number of carboxylic acid groups (broad SMARTS) is 2. The number of carbonyl (C=O) groups is 3. The van der Waals surface area contributed by atoms with Crippen LogP contribution in [-0.4, -0.2) is 56.0 Å². The lowest BCUT2D eigenvalue weighted by atomic mass is 10.1. The fourth-order valence-electron chi connectivity index (χ4n) is 1.91. The van der Waals surface area contributed by atoms with Crippen LogP contribution in [0, 0.1) is 10.1 Å². The first-order chi connectivity index (χ1) is 11.7. The van der Waals surface area contributed by atoms with Crippen molar-refractivity contribution in [2.24, 2.45) is 0 Å². The van der Waals surface area contributed by atoms with E-state index in [1.807, 2.05) is 0 Å². The molecule has 11 nitrogen and oxygen atoms in total. The average Bonchev–Trinajstić information content (AvgIpc) is 2.55. The molecule has 1 aromatic carbocycles. The zero-order valence-corrected chi connectivity index (χ0v) is 12.8. The van der Waals surface area contributed by atoms with E-state index >= 15 is 0 Å². The van der Waals surface area contributed by atoms with Crippen LogP contribution < -0.4 is 0 Å². The average molecular weight is 356 g/mol. The largest absolute Gasteiger partial charge is 0.481 e. The van der Waals surface area contributed by atoms with Crippen molar-refractivity contribution in [3.8, 4) is 0 Å². The molecule has 1 unspecified atom stereocenters. The molecule has 25 heavy (non-hydrogen) atoms. The zero-order chi connectivity index (χ0) is 19.0. The van der Waals surface area contributed by atoms with Crippen LogP contribution in [0.3, 0.4) is 0 Å². The van der Waals surface area contributed by atoms with Gasteiger partial charge in [0.15, 0.2) is 11.1 Å². The summed E-state index contributed by atoms with van der Waals surface area (Å²) in [6.45, 7) is -0.640. The molecule has 0 aromatic heterocycles. The van der Waals surface area contributed by atoms with E-state index in [0.29, 0.717) is 5.56 Å². The lowest BCUT2D eigenvalue weighted by molar-refractivity contribution is -0.641. The van der Waals surface area contributed by atoms with E-state index in [2.05, 4.69) is 4.74 Å². The van der Waals surface area contributed by atoms with Gasteiger partial charge < -0.3 is 20.1 Å². The van der Waals surface area contributed by atoms with Crippen molar-refractivity contribution < 1.29 is 39.5 Å². The van der Waals surface area contributed by atoms with Crippen LogP contribution >= 0.6 is 0 Å². The lowest BCUT2D eigenvalue weighted by Crippen LogP contribution is -2.49. The van der Waals surface area contributed by atoms with Crippen molar-refractivity contribution >= 4 is 18.0 Å². The number of amides is 1. The van der Waals surface area contributed by atoms with E-state index in [4.69, 9.17) is 10.2 Å². The minimum absolute atomic E-state index is 0.303. The van der Waals surface area contributed by atoms with Crippen molar-refractivity contribution in [1.29, 1.82) is 0 Å². The smallest absolute Gasteiger partial charge is 0.469 e. The molecule has 3 N–H and O–H groups in total. The molecule has 1 aromatic rings. The quantitative estimate of drug-likeness (QED) is 0.425. The van der Waals surface area contributed by atoms with Crippen molar-refractivity contribution in [1.82, 2.24) is 5.01 Å². The predicted octanol–water partition coefficient (Wildman–Crippen LogP) is 0.668. The van der Waals surface area contributed by atoms with E-state index in [9.17, 15) is 29.6 Å². The third-order valence-corrected chi connectivity index (χ3v) is 3.12. The van der Waals surface area contributed by atoms with Crippen LogP contribution in [0.1, 0.15) is 24.5 Å². The summed E-state index contributed by atoms with van der Waals surface area (Å²) in [7, 11) is 0. The SMILES string of the molecule is O=C(O)CC[C@@H](C(=O)O)N(C(=O)OCC(O)c1ccccc1)[N+](=O)[O-]. The van der Waals surface area contributed by atoms with Crippen LogP contribution in [0.5, 0.6) is 0 Å². The number of nitro groups is 1. The van der Waals surface area contributed by atoms with Crippen molar-refractivity contribution in [2.75, 3.05) is 6.61 Å². The number of ether oxygens (including phenoxy) is 1. The second-order valence-electron chi connectivity index (χ2n) is 4.87. The second kappa shape index (κ2) is 9.17. The van der Waals surface area contributed by atoms with Crippen LogP contribution in [0.15, 0.2) is 30.3 Å². The Balaban J connectivity index is 2.79. The Bertz CT molecular complexity index is 634. The summed E-state index contributed by atoms with van der Waals surface area (Å²) < 4.78 is 4.60. The minimum atomic E-state index is -2.02. The molecule has 136 valence electrons. The number of nitrogens with zero attached hydrogens (tertiary/aromatic N) is 2. The number of aliphatic hydroxyl groups is 1. The maximum absolute atomic E-state index is 11.9. The number of carbonyl (C=O) groups excluding carboxylic acids is 1. The standard InChI is InChI=1S/C14H16N2O9/c17-11(9-4-2-1-3-5-9)8-25-14(22)15(16(23)24)10(13(20)21)6-7-12(18)19/h1-5,10-11,17H,6-8H2,(H,18,19)(H,20,21)/t10-,11?/m0/s1. The van der Waals surface area contributed by atoms with Crippen molar-refractivity contribution in [2.45, 2.75) is 25.0 Å². The van der Waals surface area contributed by atoms with Crippen LogP contribution in [0.25, 0.3) is 0 Å². The molecule has 0 bridgehead atoms. The summed E-state index contributed by atoms with van der Waals surface area (Å²) in [5.74, 6) is -3.12. The summed E-state index contributed by atoms with van der Waals surface area (Å²) in [6, 6.07) is 5.99. The second-order valence-corrected chi connectivity index (χ2v) is 4.87. The monoisotopic (exact) mass is 356 g/mol. The highest BCUT2D eigenvalue weighted by Gasteiger charge is 2.40. The molecule has 0 heterocycles. The zero-order valence-electron chi connectivity index (χ0n) is 12.8. The van der Waals surface area contributed by atoms with Crippen LogP contribution in [-0.2, 0) is 14.3 Å². The highest BCUT2D eigenvalue weighted by atomic mass is 16.7. The summed E-state index contributed by atoms with van der Waals surface area (Å²) in [5.41, 5.74) is 0.392. The summed E-state index contributed by atoms with van der Waals surface area (Å²) in [5, 5.41) is 36.8. The van der Waals surface area contributed by atoms with Crippen molar-refractivity contribution in [3.05, 3.63) is 46.0 Å². The molecule has 11 heteroatoms. The number of hydrogen-bond donors (Lipinski definition) is 3. The van der Waals surface area contributed by atoms with Gasteiger partial charge in [0, 0.05) is 6.42 Å². The van der Waals surface area contributed by atoms with Crippen LogP contribution in [0.4, 0.5) is 4.79 Å². The molecule has 0 aliphatic rings. The Morgan fingerprint density at radius 3 is 2.28 bits per heavy atom. The number of hydrazine groups is 1. The lowest BCUT2D eigenvalue weighted by Gasteiger charge is -2.19. The molecular formula is C14H16N2O9. The first-order valence-corrected chi connectivity index (χ1v) is 7.02. The third kappa shape index (κ3) is 6.06. The number of aliphatic carboxylic acids is 2. The summed E-state index contributed by atoms with van der Waals surface area (Å²) in [6.07, 6.45) is -4.25. The summed E-state index contributed by atoms with van der Waals surface area (Å²) >= 11 is 0. The topological polar surface area (TPSA) is 168 Å². The van der Waals surface area contributed by atoms with E-state index < -0.39 is 54.7 Å². The minimum Gasteiger partial charge on any atom is -0.481 e. The molecule has 0 aliphatic heterocycles. The van der Waals surface area contributed by atoms with E-state index in [1.165, 1.54) is 12.1 Å². The highest BCUT2D eigenvalue weighted by Crippen LogP contribution is 2.15. The number of rotatable bonds is 9. The first kappa shape index (κ1) is 19.8. The molecule has 0 fully saturated rings. The third-order valence-electron chi connectivity index (χ3n) is 3.12. The van der Waals surface area contributed by atoms with Gasteiger partial charge in [0.2, 0.25) is 0 Å². The molecule has 1 rings (SSSR count). The van der Waals surface area contributed by atoms with Gasteiger partial charge in [-0.25, -0.2) is 19.7 Å². The van der Waals surface area contributed by atoms with Crippen LogP contribution in [0.2, 0.25) is 0 Å². The molecule has 0 saturated carbocycles. The Morgan fingerprint density at radius 1 is 1.20 bits per heavy atom. The van der Waals surface area contributed by atoms with Gasteiger partial charge in [-0.15, -0.1) is 0 Å². The van der Waals surface area contributed by atoms with E-state index in [0.717, 1.165) is 0 Å². The fourth-order valence-corrected chi connectivity index (χ4v) is 1.91. The molecule has 0 saturated heterocycles. The fraction of sp³-hybridized carbons (Fsp3) is 0.357. The molecule has 0 radical (unpaired) electrons. The van der Waals surface area contributed by atoms with Gasteiger partial charge in [-0.3, -0.25) is 4.79 Å². The number of carboxylic acids is 2. The first-order valence-electron chi connectivity index (χ1n) is 7.02. The van der Waals surface area contributed by atoms with Gasteiger partial charge in [-0.1, -0.05) is 30.3 Å². The molecule has 0 aliphatic carbocycles. The Kier molecular flexibility index (Phi) is 7.28. The van der Waals surface area contributed by atoms with Crippen molar-refractivity contribution in [3.63, 3.8) is 0 Å². The normalized spacial score (nSPS) is 12.7. The predicted molar refractivity (Wildman–Crippen MR) is 79.9 cm³/mol. The Morgan fingerprint density at radius 2 is 1.80 bits per heavy atom. The number of hydrogen-bond acceptors (Lipinski definition) is 7. The van der Waals surface area contributed by atoms with Gasteiger partial charge in [-0.2, -0.15) is 0 Å². The highest BCUT2D eigenvalue weighted by molar-refractivity contribution is 5.80. The molecular weight excluding hydrogens is 340 g/mol. The summed E-state index contributed by atoms with van der Waals surface area (Å²) in [4.78, 5) is 44.5. The maximum Gasteiger partial charge on any atom is 0.469 e. The number of aliphatic hydroxyl groups excluding tert-OH is 1. The van der Waals surface area contributed by atoms with Gasteiger partial charge in [0.1, 0.15) is 12.7 Å². The Hall–Kier alpha value is -3.21. The van der Waals surface area contributed by atoms with Gasteiger partial charge in [0.05, 0.1) is 0 Å².